The van der Waals surface area contributed by atoms with Gasteiger partial charge in [0.15, 0.2) is 0 Å². The molecule has 0 radical (unpaired) electrons. The van der Waals surface area contributed by atoms with Gasteiger partial charge in [-0.25, -0.2) is 13.1 Å². The lowest BCUT2D eigenvalue weighted by atomic mass is 10.1. The first-order valence-corrected chi connectivity index (χ1v) is 9.76. The van der Waals surface area contributed by atoms with Crippen LogP contribution in [-0.2, 0) is 15.8 Å². The lowest BCUT2D eigenvalue weighted by Gasteiger charge is -2.07. The van der Waals surface area contributed by atoms with Crippen molar-refractivity contribution in [2.24, 2.45) is 0 Å². The zero-order chi connectivity index (χ0) is 17.4. The van der Waals surface area contributed by atoms with Crippen LogP contribution < -0.4 is 4.72 Å². The van der Waals surface area contributed by atoms with Gasteiger partial charge in [0.2, 0.25) is 10.0 Å². The van der Waals surface area contributed by atoms with Gasteiger partial charge in [-0.1, -0.05) is 18.2 Å². The molecule has 0 aliphatic heterocycles. The van der Waals surface area contributed by atoms with Gasteiger partial charge in [0, 0.05) is 18.1 Å². The molecule has 0 unspecified atom stereocenters. The molecule has 0 aromatic heterocycles. The summed E-state index contributed by atoms with van der Waals surface area (Å²) < 4.78 is 26.8. The van der Waals surface area contributed by atoms with Crippen molar-refractivity contribution >= 4 is 21.8 Å². The highest BCUT2D eigenvalue weighted by Crippen LogP contribution is 2.16. The van der Waals surface area contributed by atoms with Gasteiger partial charge in [0.25, 0.3) is 0 Å². The highest BCUT2D eigenvalue weighted by molar-refractivity contribution is 7.98. The summed E-state index contributed by atoms with van der Waals surface area (Å²) in [4.78, 5) is 0.140. The molecule has 0 fully saturated rings. The SMILES string of the molecule is N#Cc1ccc(S(=O)(=O)NCCSCc2ccccc2C#N)cc1. The number of nitrogens with one attached hydrogen (secondary N) is 1. The lowest BCUT2D eigenvalue weighted by Crippen LogP contribution is -2.26. The minimum Gasteiger partial charge on any atom is -0.210 e. The molecular formula is C17H15N3O2S2. The van der Waals surface area contributed by atoms with Gasteiger partial charge in [0.1, 0.15) is 0 Å². The number of nitrogens with zero attached hydrogens (tertiary/aromatic N) is 2. The Kier molecular flexibility index (Phi) is 6.39. The minimum atomic E-state index is -3.57. The van der Waals surface area contributed by atoms with Crippen LogP contribution in [0.2, 0.25) is 0 Å². The molecule has 0 bridgehead atoms. The van der Waals surface area contributed by atoms with Crippen molar-refractivity contribution in [1.82, 2.24) is 4.72 Å². The van der Waals surface area contributed by atoms with E-state index >= 15 is 0 Å². The number of nitriles is 2. The molecule has 5 nitrogen and oxygen atoms in total. The Bertz CT molecular complexity index is 879. The monoisotopic (exact) mass is 357 g/mol. The third-order valence-electron chi connectivity index (χ3n) is 3.23. The van der Waals surface area contributed by atoms with Crippen LogP contribution in [-0.4, -0.2) is 20.7 Å². The smallest absolute Gasteiger partial charge is 0.210 e. The summed E-state index contributed by atoms with van der Waals surface area (Å²) in [7, 11) is -3.57. The van der Waals surface area contributed by atoms with Crippen LogP contribution in [0.3, 0.4) is 0 Å². The zero-order valence-electron chi connectivity index (χ0n) is 12.8. The van der Waals surface area contributed by atoms with Crippen LogP contribution in [0.5, 0.6) is 0 Å². The zero-order valence-corrected chi connectivity index (χ0v) is 14.4. The van der Waals surface area contributed by atoms with E-state index in [0.29, 0.717) is 29.2 Å². The molecule has 0 spiro atoms. The topological polar surface area (TPSA) is 93.8 Å². The summed E-state index contributed by atoms with van der Waals surface area (Å²) in [6.07, 6.45) is 0. The fraction of sp³-hybridized carbons (Fsp3) is 0.176. The molecule has 24 heavy (non-hydrogen) atoms. The first-order chi connectivity index (χ1) is 11.6. The van der Waals surface area contributed by atoms with Gasteiger partial charge in [-0.2, -0.15) is 22.3 Å². The molecule has 0 aliphatic rings. The van der Waals surface area contributed by atoms with Crippen molar-refractivity contribution in [2.75, 3.05) is 12.3 Å². The van der Waals surface area contributed by atoms with Gasteiger partial charge < -0.3 is 0 Å². The van der Waals surface area contributed by atoms with Crippen LogP contribution >= 0.6 is 11.8 Å². The quantitative estimate of drug-likeness (QED) is 0.769. The molecule has 0 heterocycles. The average molecular weight is 357 g/mol. The summed E-state index contributed by atoms with van der Waals surface area (Å²) in [6, 6.07) is 17.2. The van der Waals surface area contributed by atoms with E-state index in [0.717, 1.165) is 5.56 Å². The Labute approximate surface area is 146 Å². The number of benzene rings is 2. The number of thioether (sulfide) groups is 1. The van der Waals surface area contributed by atoms with Crippen molar-refractivity contribution in [3.8, 4) is 12.1 Å². The standard InChI is InChI=1S/C17H15N3O2S2/c18-11-14-5-7-17(8-6-14)24(21,22)20-9-10-23-13-16-4-2-1-3-15(16)12-19/h1-8,20H,9-10,13H2. The molecule has 2 rings (SSSR count). The Morgan fingerprint density at radius 2 is 1.71 bits per heavy atom. The summed E-state index contributed by atoms with van der Waals surface area (Å²) >= 11 is 1.56. The van der Waals surface area contributed by atoms with E-state index < -0.39 is 10.0 Å². The van der Waals surface area contributed by atoms with Crippen molar-refractivity contribution in [1.29, 1.82) is 10.5 Å². The minimum absolute atomic E-state index is 0.140. The van der Waals surface area contributed by atoms with E-state index in [1.54, 1.807) is 17.8 Å². The van der Waals surface area contributed by atoms with Crippen molar-refractivity contribution in [2.45, 2.75) is 10.6 Å². The van der Waals surface area contributed by atoms with Gasteiger partial charge in [0.05, 0.1) is 28.2 Å². The number of sulfonamides is 1. The van der Waals surface area contributed by atoms with Gasteiger partial charge >= 0.3 is 0 Å². The van der Waals surface area contributed by atoms with E-state index in [1.807, 2.05) is 24.3 Å². The van der Waals surface area contributed by atoms with Gasteiger partial charge in [-0.3, -0.25) is 0 Å². The molecule has 2 aromatic rings. The fourth-order valence-corrected chi connectivity index (χ4v) is 4.00. The maximum absolute atomic E-state index is 12.1. The summed E-state index contributed by atoms with van der Waals surface area (Å²) in [6.45, 7) is 0.293. The Balaban J connectivity index is 1.83. The summed E-state index contributed by atoms with van der Waals surface area (Å²) in [5.41, 5.74) is 2.00. The first kappa shape index (κ1) is 18.0. The first-order valence-electron chi connectivity index (χ1n) is 7.12. The van der Waals surface area contributed by atoms with Gasteiger partial charge in [-0.05, 0) is 35.9 Å². The normalized spacial score (nSPS) is 10.8. The van der Waals surface area contributed by atoms with Crippen LogP contribution in [0.15, 0.2) is 53.4 Å². The number of hydrogen-bond donors (Lipinski definition) is 1. The molecule has 7 heteroatoms. The highest BCUT2D eigenvalue weighted by atomic mass is 32.2. The molecule has 0 atom stereocenters. The van der Waals surface area contributed by atoms with Crippen LogP contribution in [0, 0.1) is 22.7 Å². The van der Waals surface area contributed by atoms with E-state index in [2.05, 4.69) is 10.8 Å². The Morgan fingerprint density at radius 3 is 2.38 bits per heavy atom. The summed E-state index contributed by atoms with van der Waals surface area (Å²) in [5.74, 6) is 1.25. The van der Waals surface area contributed by atoms with Gasteiger partial charge in [-0.15, -0.1) is 0 Å². The van der Waals surface area contributed by atoms with Crippen molar-refractivity contribution in [3.05, 3.63) is 65.2 Å². The van der Waals surface area contributed by atoms with Crippen molar-refractivity contribution < 1.29 is 8.42 Å². The Hall–Kier alpha value is -2.32. The van der Waals surface area contributed by atoms with Crippen molar-refractivity contribution in [3.63, 3.8) is 0 Å². The predicted molar refractivity (Wildman–Crippen MR) is 93.7 cm³/mol. The van der Waals surface area contributed by atoms with Crippen LogP contribution in [0.25, 0.3) is 0 Å². The third-order valence-corrected chi connectivity index (χ3v) is 5.71. The second kappa shape index (κ2) is 8.51. The van der Waals surface area contributed by atoms with Crippen LogP contribution in [0.4, 0.5) is 0 Å². The highest BCUT2D eigenvalue weighted by Gasteiger charge is 2.13. The maximum atomic E-state index is 12.1. The van der Waals surface area contributed by atoms with E-state index in [4.69, 9.17) is 10.5 Å². The molecule has 0 aliphatic carbocycles. The Morgan fingerprint density at radius 1 is 1.00 bits per heavy atom. The second-order valence-corrected chi connectivity index (χ2v) is 7.73. The molecule has 1 N–H and O–H groups in total. The molecule has 122 valence electrons. The maximum Gasteiger partial charge on any atom is 0.240 e. The third kappa shape index (κ3) is 4.84. The predicted octanol–water partition coefficient (Wildman–Crippen LogP) is 2.64. The second-order valence-electron chi connectivity index (χ2n) is 4.86. The summed E-state index contributed by atoms with van der Waals surface area (Å²) in [5, 5.41) is 17.7. The average Bonchev–Trinajstić information content (AvgIpc) is 2.61. The molecule has 0 saturated heterocycles. The van der Waals surface area contributed by atoms with E-state index in [-0.39, 0.29) is 4.90 Å². The molecule has 2 aromatic carbocycles. The molecule has 0 saturated carbocycles. The number of hydrogen-bond acceptors (Lipinski definition) is 5. The van der Waals surface area contributed by atoms with E-state index in [1.165, 1.54) is 24.3 Å². The molecular weight excluding hydrogens is 342 g/mol. The van der Waals surface area contributed by atoms with Crippen LogP contribution in [0.1, 0.15) is 16.7 Å². The van der Waals surface area contributed by atoms with E-state index in [9.17, 15) is 8.42 Å². The fourth-order valence-electron chi connectivity index (χ4n) is 1.98. The lowest BCUT2D eigenvalue weighted by molar-refractivity contribution is 0.584. The number of rotatable bonds is 7. The molecule has 0 amide bonds. The largest absolute Gasteiger partial charge is 0.240 e.